The van der Waals surface area contributed by atoms with E-state index in [4.69, 9.17) is 0 Å². The zero-order chi connectivity index (χ0) is 16.2. The lowest BCUT2D eigenvalue weighted by Crippen LogP contribution is -2.35. The summed E-state index contributed by atoms with van der Waals surface area (Å²) >= 11 is 0. The molecule has 0 aromatic carbocycles. The zero-order valence-electron chi connectivity index (χ0n) is 14.3. The van der Waals surface area contributed by atoms with Gasteiger partial charge < -0.3 is 9.47 Å². The van der Waals surface area contributed by atoms with E-state index in [9.17, 15) is 0 Å². The molecule has 2 aromatic rings. The molecule has 0 unspecified atom stereocenters. The van der Waals surface area contributed by atoms with Crippen molar-refractivity contribution in [3.05, 3.63) is 41.7 Å². The van der Waals surface area contributed by atoms with Crippen LogP contribution in [0.15, 0.2) is 24.5 Å². The number of rotatable bonds is 5. The SMILES string of the molecule is CN(C)Cc1nnc([C@H]2CCCN(Cc3cccnc3)C2)n1C. The molecule has 23 heavy (non-hydrogen) atoms. The predicted molar refractivity (Wildman–Crippen MR) is 89.9 cm³/mol. The molecule has 0 saturated carbocycles. The maximum atomic E-state index is 4.48. The van der Waals surface area contributed by atoms with Crippen LogP contribution in [0, 0.1) is 0 Å². The van der Waals surface area contributed by atoms with E-state index in [1.165, 1.54) is 18.4 Å². The number of piperidine rings is 1. The van der Waals surface area contributed by atoms with Crippen molar-refractivity contribution in [2.45, 2.75) is 31.8 Å². The van der Waals surface area contributed by atoms with E-state index in [0.717, 1.165) is 37.8 Å². The monoisotopic (exact) mass is 314 g/mol. The lowest BCUT2D eigenvalue weighted by molar-refractivity contribution is 0.194. The first kappa shape index (κ1) is 16.1. The third-order valence-corrected chi connectivity index (χ3v) is 4.46. The fourth-order valence-corrected chi connectivity index (χ4v) is 3.31. The van der Waals surface area contributed by atoms with Crippen LogP contribution in [0.4, 0.5) is 0 Å². The van der Waals surface area contributed by atoms with Crippen molar-refractivity contribution in [2.75, 3.05) is 27.2 Å². The number of likely N-dealkylation sites (tertiary alicyclic amines) is 1. The Balaban J connectivity index is 1.68. The second-order valence-electron chi connectivity index (χ2n) is 6.71. The van der Waals surface area contributed by atoms with Crippen molar-refractivity contribution < 1.29 is 0 Å². The van der Waals surface area contributed by atoms with E-state index in [1.807, 2.05) is 18.5 Å². The van der Waals surface area contributed by atoms with Crippen molar-refractivity contribution in [2.24, 2.45) is 7.05 Å². The topological polar surface area (TPSA) is 50.1 Å². The Hall–Kier alpha value is -1.79. The standard InChI is InChI=1S/C17H26N6/c1-21(2)13-16-19-20-17(22(16)3)15-7-5-9-23(12-15)11-14-6-4-8-18-10-14/h4,6,8,10,15H,5,7,9,11-13H2,1-3H3/t15-/m0/s1. The first-order valence-electron chi connectivity index (χ1n) is 8.27. The van der Waals surface area contributed by atoms with Crippen LogP contribution < -0.4 is 0 Å². The number of hydrogen-bond acceptors (Lipinski definition) is 5. The molecule has 0 aliphatic carbocycles. The molecule has 0 radical (unpaired) electrons. The van der Waals surface area contributed by atoms with Crippen LogP contribution in [-0.4, -0.2) is 56.7 Å². The van der Waals surface area contributed by atoms with Gasteiger partial charge in [-0.3, -0.25) is 9.88 Å². The van der Waals surface area contributed by atoms with Gasteiger partial charge in [-0.05, 0) is 45.1 Å². The molecular weight excluding hydrogens is 288 g/mol. The summed E-state index contributed by atoms with van der Waals surface area (Å²) in [6.07, 6.45) is 6.19. The maximum absolute atomic E-state index is 4.48. The van der Waals surface area contributed by atoms with Crippen molar-refractivity contribution >= 4 is 0 Å². The highest BCUT2D eigenvalue weighted by atomic mass is 15.3. The highest BCUT2D eigenvalue weighted by molar-refractivity contribution is 5.09. The molecule has 1 atom stereocenters. The minimum absolute atomic E-state index is 0.467. The largest absolute Gasteiger partial charge is 0.317 e. The van der Waals surface area contributed by atoms with Crippen LogP contribution in [-0.2, 0) is 20.1 Å². The summed E-state index contributed by atoms with van der Waals surface area (Å²) in [5.41, 5.74) is 1.28. The Labute approximate surface area is 138 Å². The Morgan fingerprint density at radius 2 is 2.17 bits per heavy atom. The minimum Gasteiger partial charge on any atom is -0.317 e. The van der Waals surface area contributed by atoms with Crippen LogP contribution in [0.5, 0.6) is 0 Å². The highest BCUT2D eigenvalue weighted by Crippen LogP contribution is 2.26. The summed E-state index contributed by atoms with van der Waals surface area (Å²) in [6, 6.07) is 4.15. The number of nitrogens with zero attached hydrogens (tertiary/aromatic N) is 6. The summed E-state index contributed by atoms with van der Waals surface area (Å²) in [4.78, 5) is 8.85. The number of pyridine rings is 1. The van der Waals surface area contributed by atoms with Crippen molar-refractivity contribution in [3.63, 3.8) is 0 Å². The van der Waals surface area contributed by atoms with Crippen molar-refractivity contribution in [1.82, 2.24) is 29.5 Å². The third kappa shape index (κ3) is 3.95. The van der Waals surface area contributed by atoms with Crippen LogP contribution in [0.1, 0.15) is 36.0 Å². The van der Waals surface area contributed by atoms with Gasteiger partial charge in [0.15, 0.2) is 0 Å². The van der Waals surface area contributed by atoms with Gasteiger partial charge in [-0.2, -0.15) is 0 Å². The maximum Gasteiger partial charge on any atom is 0.146 e. The van der Waals surface area contributed by atoms with E-state index in [1.54, 1.807) is 0 Å². The molecule has 124 valence electrons. The van der Waals surface area contributed by atoms with Gasteiger partial charge in [-0.1, -0.05) is 6.07 Å². The molecule has 3 rings (SSSR count). The normalized spacial score (nSPS) is 19.4. The van der Waals surface area contributed by atoms with Gasteiger partial charge >= 0.3 is 0 Å². The number of aromatic nitrogens is 4. The second kappa shape index (κ2) is 7.19. The molecular formula is C17H26N6. The molecule has 6 nitrogen and oxygen atoms in total. The van der Waals surface area contributed by atoms with E-state index in [-0.39, 0.29) is 0 Å². The minimum atomic E-state index is 0.467. The molecule has 1 aliphatic heterocycles. The Morgan fingerprint density at radius 1 is 1.30 bits per heavy atom. The van der Waals surface area contributed by atoms with Crippen LogP contribution in [0.2, 0.25) is 0 Å². The van der Waals surface area contributed by atoms with Crippen LogP contribution >= 0.6 is 0 Å². The first-order chi connectivity index (χ1) is 11.1. The van der Waals surface area contributed by atoms with Crippen LogP contribution in [0.3, 0.4) is 0 Å². The number of hydrogen-bond donors (Lipinski definition) is 0. The van der Waals surface area contributed by atoms with Gasteiger partial charge in [0, 0.05) is 38.4 Å². The Morgan fingerprint density at radius 3 is 2.91 bits per heavy atom. The van der Waals surface area contributed by atoms with Gasteiger partial charge in [0.1, 0.15) is 11.6 Å². The fourth-order valence-electron chi connectivity index (χ4n) is 3.31. The summed E-state index contributed by atoms with van der Waals surface area (Å²) in [6.45, 7) is 3.99. The summed E-state index contributed by atoms with van der Waals surface area (Å²) < 4.78 is 2.18. The predicted octanol–water partition coefficient (Wildman–Crippen LogP) is 1.65. The quantitative estimate of drug-likeness (QED) is 0.840. The van der Waals surface area contributed by atoms with Crippen LogP contribution in [0.25, 0.3) is 0 Å². The lowest BCUT2D eigenvalue weighted by Gasteiger charge is -2.32. The third-order valence-electron chi connectivity index (χ3n) is 4.46. The zero-order valence-corrected chi connectivity index (χ0v) is 14.3. The van der Waals surface area contributed by atoms with E-state index < -0.39 is 0 Å². The van der Waals surface area contributed by atoms with Gasteiger partial charge in [-0.25, -0.2) is 0 Å². The average Bonchev–Trinajstić information content (AvgIpc) is 2.89. The fraction of sp³-hybridized carbons (Fsp3) is 0.588. The molecule has 1 fully saturated rings. The molecule has 0 amide bonds. The smallest absolute Gasteiger partial charge is 0.146 e. The van der Waals surface area contributed by atoms with E-state index in [2.05, 4.69) is 56.8 Å². The first-order valence-corrected chi connectivity index (χ1v) is 8.27. The lowest BCUT2D eigenvalue weighted by atomic mass is 9.97. The molecule has 0 N–H and O–H groups in total. The summed E-state index contributed by atoms with van der Waals surface area (Å²) in [5.74, 6) is 2.63. The average molecular weight is 314 g/mol. The van der Waals surface area contributed by atoms with E-state index in [0.29, 0.717) is 5.92 Å². The van der Waals surface area contributed by atoms with E-state index >= 15 is 0 Å². The molecule has 0 bridgehead atoms. The molecule has 3 heterocycles. The van der Waals surface area contributed by atoms with Crippen molar-refractivity contribution in [3.8, 4) is 0 Å². The highest BCUT2D eigenvalue weighted by Gasteiger charge is 2.26. The molecule has 1 aliphatic rings. The Kier molecular flexibility index (Phi) is 5.03. The molecule has 2 aromatic heterocycles. The summed E-state index contributed by atoms with van der Waals surface area (Å²) in [7, 11) is 6.21. The molecule has 0 spiro atoms. The van der Waals surface area contributed by atoms with Crippen molar-refractivity contribution in [1.29, 1.82) is 0 Å². The van der Waals surface area contributed by atoms with Gasteiger partial charge in [0.25, 0.3) is 0 Å². The second-order valence-corrected chi connectivity index (χ2v) is 6.71. The van der Waals surface area contributed by atoms with Gasteiger partial charge in [0.2, 0.25) is 0 Å². The van der Waals surface area contributed by atoms with Gasteiger partial charge in [-0.15, -0.1) is 10.2 Å². The Bertz CT molecular complexity index is 621. The van der Waals surface area contributed by atoms with Gasteiger partial charge in [0.05, 0.1) is 6.54 Å². The molecule has 1 saturated heterocycles. The summed E-state index contributed by atoms with van der Waals surface area (Å²) in [5, 5.41) is 8.86. The molecule has 6 heteroatoms.